The van der Waals surface area contributed by atoms with Gasteiger partial charge in [-0.25, -0.2) is 15.0 Å². The Morgan fingerprint density at radius 2 is 1.73 bits per heavy atom. The van der Waals surface area contributed by atoms with Crippen molar-refractivity contribution in [2.24, 2.45) is 5.10 Å². The topological polar surface area (TPSA) is 133 Å². The summed E-state index contributed by atoms with van der Waals surface area (Å²) in [6, 6.07) is 15.2. The van der Waals surface area contributed by atoms with Crippen molar-refractivity contribution in [1.29, 1.82) is 0 Å². The Labute approximate surface area is 170 Å². The first-order chi connectivity index (χ1) is 14.4. The van der Waals surface area contributed by atoms with Crippen molar-refractivity contribution >= 4 is 18.1 Å². The van der Waals surface area contributed by atoms with Crippen molar-refractivity contribution in [3.8, 4) is 5.75 Å². The van der Waals surface area contributed by atoms with Crippen LogP contribution in [0.4, 0.5) is 0 Å². The lowest BCUT2D eigenvalue weighted by atomic mass is 10.1. The fourth-order valence-corrected chi connectivity index (χ4v) is 2.58. The summed E-state index contributed by atoms with van der Waals surface area (Å²) in [6.07, 6.45) is 1.17. The Morgan fingerprint density at radius 3 is 2.40 bits per heavy atom. The molecule has 30 heavy (non-hydrogen) atoms. The van der Waals surface area contributed by atoms with E-state index in [-0.39, 0.29) is 12.0 Å². The minimum atomic E-state index is -0.627. The summed E-state index contributed by atoms with van der Waals surface area (Å²) < 4.78 is 5.28. The number of H-pyrrole nitrogens is 2. The first-order valence-corrected chi connectivity index (χ1v) is 8.93. The molecule has 0 aliphatic rings. The molecule has 0 spiro atoms. The number of nitrogens with one attached hydrogen (secondary N) is 3. The number of carbonyl (C=O) groups excluding carboxylic acids is 2. The van der Waals surface area contributed by atoms with Gasteiger partial charge in [0.25, 0.3) is 5.56 Å². The molecule has 9 heteroatoms. The van der Waals surface area contributed by atoms with Gasteiger partial charge in [0.1, 0.15) is 5.75 Å². The van der Waals surface area contributed by atoms with Crippen molar-refractivity contribution < 1.29 is 14.3 Å². The second-order valence-electron chi connectivity index (χ2n) is 6.31. The van der Waals surface area contributed by atoms with E-state index in [0.29, 0.717) is 22.6 Å². The third kappa shape index (κ3) is 5.38. The van der Waals surface area contributed by atoms with E-state index in [4.69, 9.17) is 4.74 Å². The lowest BCUT2D eigenvalue weighted by Crippen LogP contribution is -2.30. The number of hydrogen-bond acceptors (Lipinski definition) is 6. The molecule has 152 valence electrons. The fraction of sp³-hybridized carbons (Fsp3) is 0.0952. The summed E-state index contributed by atoms with van der Waals surface area (Å²) in [7, 11) is 0. The number of aromatic amines is 2. The minimum absolute atomic E-state index is 0.159. The maximum absolute atomic E-state index is 12.0. The Kier molecular flexibility index (Phi) is 6.33. The van der Waals surface area contributed by atoms with Gasteiger partial charge in [0.2, 0.25) is 5.91 Å². The predicted octanol–water partition coefficient (Wildman–Crippen LogP) is 1.28. The molecule has 1 aromatic heterocycles. The van der Waals surface area contributed by atoms with Gasteiger partial charge in [-0.3, -0.25) is 14.6 Å². The van der Waals surface area contributed by atoms with Gasteiger partial charge in [0, 0.05) is 11.3 Å². The maximum Gasteiger partial charge on any atom is 0.343 e. The van der Waals surface area contributed by atoms with E-state index in [1.165, 1.54) is 13.1 Å². The number of nitrogens with zero attached hydrogens (tertiary/aromatic N) is 1. The van der Waals surface area contributed by atoms with Crippen LogP contribution in [-0.4, -0.2) is 28.1 Å². The van der Waals surface area contributed by atoms with Crippen LogP contribution in [-0.2, 0) is 11.2 Å². The number of carbonyl (C=O) groups is 2. The second kappa shape index (κ2) is 9.28. The molecule has 0 saturated heterocycles. The minimum Gasteiger partial charge on any atom is -0.423 e. The molecule has 0 aliphatic carbocycles. The van der Waals surface area contributed by atoms with Gasteiger partial charge >= 0.3 is 11.7 Å². The maximum atomic E-state index is 12.0. The summed E-state index contributed by atoms with van der Waals surface area (Å²) in [5, 5.41) is 3.84. The number of benzene rings is 2. The summed E-state index contributed by atoms with van der Waals surface area (Å²) in [4.78, 5) is 51.4. The highest BCUT2D eigenvalue weighted by Crippen LogP contribution is 2.13. The number of esters is 1. The van der Waals surface area contributed by atoms with Crippen LogP contribution in [0.5, 0.6) is 5.75 Å². The molecule has 1 amide bonds. The van der Waals surface area contributed by atoms with Gasteiger partial charge in [0.15, 0.2) is 0 Å². The number of hydrazone groups is 1. The van der Waals surface area contributed by atoms with Crippen LogP contribution in [0.25, 0.3) is 0 Å². The summed E-state index contributed by atoms with van der Waals surface area (Å²) in [5.74, 6) is -0.602. The van der Waals surface area contributed by atoms with Gasteiger partial charge in [-0.2, -0.15) is 5.10 Å². The Morgan fingerprint density at radius 1 is 1.03 bits per heavy atom. The summed E-state index contributed by atoms with van der Waals surface area (Å²) >= 11 is 0. The molecular weight excluding hydrogens is 388 g/mol. The molecule has 0 saturated carbocycles. The van der Waals surface area contributed by atoms with Crippen LogP contribution in [0.15, 0.2) is 69.3 Å². The van der Waals surface area contributed by atoms with Crippen molar-refractivity contribution in [3.05, 3.63) is 97.8 Å². The third-order valence-electron chi connectivity index (χ3n) is 4.10. The highest BCUT2D eigenvalue weighted by Gasteiger charge is 2.11. The molecule has 2 aromatic carbocycles. The quantitative estimate of drug-likeness (QED) is 0.245. The molecule has 3 aromatic rings. The normalized spacial score (nSPS) is 10.7. The molecule has 1 heterocycles. The van der Waals surface area contributed by atoms with Crippen molar-refractivity contribution in [2.75, 3.05) is 0 Å². The zero-order valence-electron chi connectivity index (χ0n) is 16.0. The van der Waals surface area contributed by atoms with E-state index in [9.17, 15) is 19.2 Å². The van der Waals surface area contributed by atoms with Crippen molar-refractivity contribution in [1.82, 2.24) is 15.4 Å². The number of ether oxygens (including phenoxy) is 1. The first-order valence-electron chi connectivity index (χ1n) is 8.93. The van der Waals surface area contributed by atoms with Crippen LogP contribution in [0.2, 0.25) is 0 Å². The molecule has 0 fully saturated rings. The van der Waals surface area contributed by atoms with Gasteiger partial charge in [-0.15, -0.1) is 0 Å². The van der Waals surface area contributed by atoms with E-state index in [1.54, 1.807) is 48.5 Å². The number of hydrogen-bond donors (Lipinski definition) is 3. The smallest absolute Gasteiger partial charge is 0.343 e. The molecule has 0 bridgehead atoms. The molecule has 0 unspecified atom stereocenters. The molecule has 0 aliphatic heterocycles. The zero-order valence-corrected chi connectivity index (χ0v) is 16.0. The van der Waals surface area contributed by atoms with E-state index < -0.39 is 23.1 Å². The molecular formula is C21H18N4O5. The number of amides is 1. The largest absolute Gasteiger partial charge is 0.423 e. The Balaban J connectivity index is 1.55. The van der Waals surface area contributed by atoms with E-state index in [2.05, 4.69) is 20.5 Å². The summed E-state index contributed by atoms with van der Waals surface area (Å²) in [6.45, 7) is 1.54. The monoisotopic (exact) mass is 406 g/mol. The third-order valence-corrected chi connectivity index (χ3v) is 4.10. The highest BCUT2D eigenvalue weighted by atomic mass is 16.5. The van der Waals surface area contributed by atoms with E-state index in [0.717, 1.165) is 0 Å². The summed E-state index contributed by atoms with van der Waals surface area (Å²) in [5.41, 5.74) is 2.66. The predicted molar refractivity (Wildman–Crippen MR) is 110 cm³/mol. The molecule has 3 N–H and O–H groups in total. The Bertz CT molecular complexity index is 1190. The lowest BCUT2D eigenvalue weighted by molar-refractivity contribution is -0.120. The number of aryl methyl sites for hydroxylation is 1. The van der Waals surface area contributed by atoms with Crippen LogP contribution in [0.3, 0.4) is 0 Å². The standard InChI is InChI=1S/C21H18N4O5/c1-13-17(19(27)24-21(29)23-13)11-18(26)25-22-12-14-7-9-16(10-8-14)30-20(28)15-5-3-2-4-6-15/h2-10,12H,11H2,1H3,(H,25,26)(H2,23,24,27,29)/b22-12-. The van der Waals surface area contributed by atoms with Crippen LogP contribution < -0.4 is 21.4 Å². The van der Waals surface area contributed by atoms with Crippen LogP contribution in [0, 0.1) is 6.92 Å². The van der Waals surface area contributed by atoms with E-state index >= 15 is 0 Å². The average molecular weight is 406 g/mol. The first kappa shape index (κ1) is 20.5. The highest BCUT2D eigenvalue weighted by molar-refractivity contribution is 5.91. The lowest BCUT2D eigenvalue weighted by Gasteiger charge is -2.04. The van der Waals surface area contributed by atoms with E-state index in [1.807, 2.05) is 6.07 Å². The van der Waals surface area contributed by atoms with Gasteiger partial charge in [-0.05, 0) is 48.9 Å². The van der Waals surface area contributed by atoms with Crippen molar-refractivity contribution in [3.63, 3.8) is 0 Å². The number of aromatic nitrogens is 2. The average Bonchev–Trinajstić information content (AvgIpc) is 2.72. The second-order valence-corrected chi connectivity index (χ2v) is 6.31. The number of rotatable bonds is 6. The molecule has 3 rings (SSSR count). The van der Waals surface area contributed by atoms with Crippen LogP contribution >= 0.6 is 0 Å². The Hall–Kier alpha value is -4.27. The van der Waals surface area contributed by atoms with Gasteiger partial charge < -0.3 is 9.72 Å². The zero-order chi connectivity index (χ0) is 21.5. The van der Waals surface area contributed by atoms with Crippen LogP contribution in [0.1, 0.15) is 27.2 Å². The molecule has 9 nitrogen and oxygen atoms in total. The molecule has 0 radical (unpaired) electrons. The van der Waals surface area contributed by atoms with Crippen molar-refractivity contribution in [2.45, 2.75) is 13.3 Å². The molecule has 0 atom stereocenters. The van der Waals surface area contributed by atoms with Gasteiger partial charge in [-0.1, -0.05) is 18.2 Å². The SMILES string of the molecule is Cc1[nH]c(=O)[nH]c(=O)c1CC(=O)N/N=C\c1ccc(OC(=O)c2ccccc2)cc1. The fourth-order valence-electron chi connectivity index (χ4n) is 2.58. The van der Waals surface area contributed by atoms with Gasteiger partial charge in [0.05, 0.1) is 18.2 Å².